The molecule has 0 radical (unpaired) electrons. The van der Waals surface area contributed by atoms with Gasteiger partial charge in [-0.3, -0.25) is 9.59 Å². The Kier molecular flexibility index (Phi) is 4.78. The predicted octanol–water partition coefficient (Wildman–Crippen LogP) is 3.21. The molecule has 0 atom stereocenters. The van der Waals surface area contributed by atoms with Gasteiger partial charge in [-0.05, 0) is 37.3 Å². The zero-order valence-electron chi connectivity index (χ0n) is 12.8. The van der Waals surface area contributed by atoms with Crippen molar-refractivity contribution in [3.8, 4) is 5.75 Å². The molecule has 0 unspecified atom stereocenters. The fourth-order valence-corrected chi connectivity index (χ4v) is 1.98. The number of hydrogen-bond donors (Lipinski definition) is 2. The molecule has 2 rings (SSSR count). The average Bonchev–Trinajstić information content (AvgIpc) is 2.47. The van der Waals surface area contributed by atoms with Crippen LogP contribution in [0.25, 0.3) is 0 Å². The third-order valence-corrected chi connectivity index (χ3v) is 3.08. The van der Waals surface area contributed by atoms with Crippen molar-refractivity contribution >= 4 is 23.2 Å². The summed E-state index contributed by atoms with van der Waals surface area (Å²) in [7, 11) is 1.52. The molecule has 0 fully saturated rings. The van der Waals surface area contributed by atoms with E-state index in [0.29, 0.717) is 22.7 Å². The van der Waals surface area contributed by atoms with Gasteiger partial charge in [-0.2, -0.15) is 0 Å². The summed E-state index contributed by atoms with van der Waals surface area (Å²) in [6, 6.07) is 12.4. The number of anilines is 2. The van der Waals surface area contributed by atoms with Crippen LogP contribution >= 0.6 is 0 Å². The predicted molar refractivity (Wildman–Crippen MR) is 86.4 cm³/mol. The number of benzene rings is 2. The molecule has 0 saturated carbocycles. The van der Waals surface area contributed by atoms with Crippen molar-refractivity contribution in [1.82, 2.24) is 0 Å². The van der Waals surface area contributed by atoms with Crippen LogP contribution in [0.15, 0.2) is 42.5 Å². The number of methoxy groups -OCH3 is 1. The van der Waals surface area contributed by atoms with Crippen molar-refractivity contribution in [1.29, 1.82) is 0 Å². The van der Waals surface area contributed by atoms with Crippen molar-refractivity contribution in [3.05, 3.63) is 53.6 Å². The molecule has 22 heavy (non-hydrogen) atoms. The standard InChI is InChI=1S/C17H18N2O3/c1-11-4-6-13(7-5-11)17(21)19-14-8-9-16(22-3)15(10-14)18-12(2)20/h4-10H,1-3H3,(H,18,20)(H,19,21). The molecule has 0 heterocycles. The molecule has 114 valence electrons. The van der Waals surface area contributed by atoms with E-state index in [1.807, 2.05) is 19.1 Å². The van der Waals surface area contributed by atoms with Crippen molar-refractivity contribution in [3.63, 3.8) is 0 Å². The van der Waals surface area contributed by atoms with Crippen LogP contribution in [0.4, 0.5) is 11.4 Å². The molecule has 0 bridgehead atoms. The van der Waals surface area contributed by atoms with Crippen LogP contribution in [0.2, 0.25) is 0 Å². The van der Waals surface area contributed by atoms with Crippen molar-refractivity contribution in [2.24, 2.45) is 0 Å². The maximum absolute atomic E-state index is 12.2. The van der Waals surface area contributed by atoms with Crippen LogP contribution in [-0.2, 0) is 4.79 Å². The minimum Gasteiger partial charge on any atom is -0.495 e. The van der Waals surface area contributed by atoms with Gasteiger partial charge in [0.15, 0.2) is 0 Å². The summed E-state index contributed by atoms with van der Waals surface area (Å²) >= 11 is 0. The van der Waals surface area contributed by atoms with Crippen LogP contribution in [0, 0.1) is 6.92 Å². The lowest BCUT2D eigenvalue weighted by Crippen LogP contribution is -2.13. The van der Waals surface area contributed by atoms with Gasteiger partial charge in [-0.15, -0.1) is 0 Å². The maximum atomic E-state index is 12.2. The molecule has 2 aromatic rings. The number of carbonyl (C=O) groups excluding carboxylic acids is 2. The second-order valence-electron chi connectivity index (χ2n) is 4.92. The van der Waals surface area contributed by atoms with E-state index < -0.39 is 0 Å². The minimum absolute atomic E-state index is 0.208. The van der Waals surface area contributed by atoms with Gasteiger partial charge in [-0.1, -0.05) is 17.7 Å². The van der Waals surface area contributed by atoms with Gasteiger partial charge in [0.25, 0.3) is 5.91 Å². The first-order valence-corrected chi connectivity index (χ1v) is 6.83. The monoisotopic (exact) mass is 298 g/mol. The van der Waals surface area contributed by atoms with Crippen LogP contribution in [0.5, 0.6) is 5.75 Å². The van der Waals surface area contributed by atoms with E-state index in [1.165, 1.54) is 14.0 Å². The first kappa shape index (κ1) is 15.6. The molecule has 2 amide bonds. The molecule has 0 spiro atoms. The lowest BCUT2D eigenvalue weighted by Gasteiger charge is -2.12. The molecule has 2 aromatic carbocycles. The summed E-state index contributed by atoms with van der Waals surface area (Å²) in [5.41, 5.74) is 2.75. The first-order chi connectivity index (χ1) is 10.5. The number of ether oxygens (including phenoxy) is 1. The fraction of sp³-hybridized carbons (Fsp3) is 0.176. The largest absolute Gasteiger partial charge is 0.495 e. The average molecular weight is 298 g/mol. The van der Waals surface area contributed by atoms with Gasteiger partial charge in [0.2, 0.25) is 5.91 Å². The zero-order chi connectivity index (χ0) is 16.1. The summed E-state index contributed by atoms with van der Waals surface area (Å²) in [4.78, 5) is 23.4. The Morgan fingerprint density at radius 3 is 2.27 bits per heavy atom. The van der Waals surface area contributed by atoms with E-state index in [2.05, 4.69) is 10.6 Å². The number of hydrogen-bond acceptors (Lipinski definition) is 3. The highest BCUT2D eigenvalue weighted by atomic mass is 16.5. The quantitative estimate of drug-likeness (QED) is 0.910. The third kappa shape index (κ3) is 3.85. The molecular weight excluding hydrogens is 280 g/mol. The minimum atomic E-state index is -0.209. The van der Waals surface area contributed by atoms with Gasteiger partial charge >= 0.3 is 0 Å². The summed E-state index contributed by atoms with van der Waals surface area (Å²) in [6.45, 7) is 3.38. The number of carbonyl (C=O) groups is 2. The van der Waals surface area contributed by atoms with E-state index in [-0.39, 0.29) is 11.8 Å². The molecule has 2 N–H and O–H groups in total. The van der Waals surface area contributed by atoms with E-state index in [9.17, 15) is 9.59 Å². The highest BCUT2D eigenvalue weighted by molar-refractivity contribution is 6.04. The summed E-state index contributed by atoms with van der Waals surface area (Å²) < 4.78 is 5.18. The Morgan fingerprint density at radius 2 is 1.68 bits per heavy atom. The molecule has 0 aliphatic rings. The van der Waals surface area contributed by atoms with Gasteiger partial charge in [0.1, 0.15) is 5.75 Å². The van der Waals surface area contributed by atoms with Gasteiger partial charge < -0.3 is 15.4 Å². The topological polar surface area (TPSA) is 67.4 Å². The van der Waals surface area contributed by atoms with Crippen molar-refractivity contribution in [2.75, 3.05) is 17.7 Å². The SMILES string of the molecule is COc1ccc(NC(=O)c2ccc(C)cc2)cc1NC(C)=O. The molecule has 0 aromatic heterocycles. The molecular formula is C17H18N2O3. The molecule has 0 aliphatic carbocycles. The third-order valence-electron chi connectivity index (χ3n) is 3.08. The maximum Gasteiger partial charge on any atom is 0.255 e. The summed E-state index contributed by atoms with van der Waals surface area (Å²) in [5, 5.41) is 5.47. The molecule has 5 heteroatoms. The normalized spacial score (nSPS) is 9.95. The first-order valence-electron chi connectivity index (χ1n) is 6.83. The van der Waals surface area contributed by atoms with Gasteiger partial charge in [0, 0.05) is 18.2 Å². The van der Waals surface area contributed by atoms with Gasteiger partial charge in [0.05, 0.1) is 12.8 Å². The zero-order valence-corrected chi connectivity index (χ0v) is 12.8. The fourth-order valence-electron chi connectivity index (χ4n) is 1.98. The van der Waals surface area contributed by atoms with E-state index in [1.54, 1.807) is 30.3 Å². The van der Waals surface area contributed by atoms with Crippen LogP contribution in [0.3, 0.4) is 0 Å². The summed E-state index contributed by atoms with van der Waals surface area (Å²) in [5.74, 6) is 0.114. The number of aryl methyl sites for hydroxylation is 1. The molecule has 5 nitrogen and oxygen atoms in total. The smallest absolute Gasteiger partial charge is 0.255 e. The van der Waals surface area contributed by atoms with Crippen molar-refractivity contribution in [2.45, 2.75) is 13.8 Å². The van der Waals surface area contributed by atoms with Crippen LogP contribution in [0.1, 0.15) is 22.8 Å². The number of rotatable bonds is 4. The Hall–Kier alpha value is -2.82. The highest BCUT2D eigenvalue weighted by Crippen LogP contribution is 2.28. The van der Waals surface area contributed by atoms with E-state index >= 15 is 0 Å². The number of amides is 2. The summed E-state index contributed by atoms with van der Waals surface area (Å²) in [6.07, 6.45) is 0. The van der Waals surface area contributed by atoms with Crippen molar-refractivity contribution < 1.29 is 14.3 Å². The number of nitrogens with one attached hydrogen (secondary N) is 2. The Labute approximate surface area is 129 Å². The Balaban J connectivity index is 2.20. The van der Waals surface area contributed by atoms with Gasteiger partial charge in [-0.25, -0.2) is 0 Å². The molecule has 0 saturated heterocycles. The van der Waals surface area contributed by atoms with Crippen LogP contribution < -0.4 is 15.4 Å². The van der Waals surface area contributed by atoms with Crippen LogP contribution in [-0.4, -0.2) is 18.9 Å². The van der Waals surface area contributed by atoms with E-state index in [4.69, 9.17) is 4.74 Å². The second kappa shape index (κ2) is 6.76. The molecule has 0 aliphatic heterocycles. The van der Waals surface area contributed by atoms with E-state index in [0.717, 1.165) is 5.56 Å². The Morgan fingerprint density at radius 1 is 1.00 bits per heavy atom. The lowest BCUT2D eigenvalue weighted by atomic mass is 10.1. The highest BCUT2D eigenvalue weighted by Gasteiger charge is 2.09. The second-order valence-corrected chi connectivity index (χ2v) is 4.92. The Bertz CT molecular complexity index is 694. The lowest BCUT2D eigenvalue weighted by molar-refractivity contribution is -0.114.